The Morgan fingerprint density at radius 3 is 2.87 bits per heavy atom. The Kier molecular flexibility index (Phi) is 4.25. The number of carbonyl (C=O) groups excluding carboxylic acids is 1. The topological polar surface area (TPSA) is 69.0 Å². The van der Waals surface area contributed by atoms with Gasteiger partial charge in [0.05, 0.1) is 18.5 Å². The first-order chi connectivity index (χ1) is 11.2. The molecule has 6 nitrogen and oxygen atoms in total. The highest BCUT2D eigenvalue weighted by atomic mass is 35.5. The second-order valence-electron chi connectivity index (χ2n) is 4.69. The molecule has 0 saturated carbocycles. The van der Waals surface area contributed by atoms with Gasteiger partial charge in [-0.25, -0.2) is 9.67 Å². The van der Waals surface area contributed by atoms with Crippen molar-refractivity contribution in [3.63, 3.8) is 0 Å². The zero-order chi connectivity index (χ0) is 16.2. The van der Waals surface area contributed by atoms with Gasteiger partial charge in [0.2, 0.25) is 0 Å². The van der Waals surface area contributed by atoms with E-state index in [0.29, 0.717) is 27.7 Å². The summed E-state index contributed by atoms with van der Waals surface area (Å²) >= 11 is 6.04. The Balaban J connectivity index is 1.93. The van der Waals surface area contributed by atoms with Crippen LogP contribution in [0.2, 0.25) is 5.02 Å². The summed E-state index contributed by atoms with van der Waals surface area (Å²) in [6.07, 6.45) is 2.96. The predicted molar refractivity (Wildman–Crippen MR) is 87.3 cm³/mol. The van der Waals surface area contributed by atoms with E-state index in [1.807, 2.05) is 0 Å². The number of aromatic nitrogens is 3. The summed E-state index contributed by atoms with van der Waals surface area (Å²) in [5.74, 6) is 0.341. The lowest BCUT2D eigenvalue weighted by atomic mass is 10.2. The smallest absolute Gasteiger partial charge is 0.255 e. The number of nitrogens with one attached hydrogen (secondary N) is 1. The third-order valence-corrected chi connectivity index (χ3v) is 3.44. The van der Waals surface area contributed by atoms with Crippen molar-refractivity contribution in [1.82, 2.24) is 14.8 Å². The highest BCUT2D eigenvalue weighted by molar-refractivity contribution is 6.31. The molecular formula is C16H13ClN4O2. The average Bonchev–Trinajstić information content (AvgIpc) is 3.09. The van der Waals surface area contributed by atoms with Gasteiger partial charge in [0.15, 0.2) is 0 Å². The third-order valence-electron chi connectivity index (χ3n) is 3.20. The molecule has 1 aromatic heterocycles. The fraction of sp³-hybridized carbons (Fsp3) is 0.0625. The Labute approximate surface area is 137 Å². The minimum atomic E-state index is -0.271. The van der Waals surface area contributed by atoms with Gasteiger partial charge in [0.25, 0.3) is 5.91 Å². The molecule has 0 spiro atoms. The van der Waals surface area contributed by atoms with Crippen molar-refractivity contribution in [2.24, 2.45) is 0 Å². The number of nitrogens with zero attached hydrogens (tertiary/aromatic N) is 3. The van der Waals surface area contributed by atoms with E-state index >= 15 is 0 Å². The van der Waals surface area contributed by atoms with Crippen molar-refractivity contribution in [2.75, 3.05) is 12.4 Å². The number of rotatable bonds is 4. The quantitative estimate of drug-likeness (QED) is 0.798. The summed E-state index contributed by atoms with van der Waals surface area (Å²) in [7, 11) is 1.55. The van der Waals surface area contributed by atoms with Crippen LogP contribution in [0.25, 0.3) is 5.69 Å². The third kappa shape index (κ3) is 3.32. The van der Waals surface area contributed by atoms with Crippen molar-refractivity contribution in [1.29, 1.82) is 0 Å². The van der Waals surface area contributed by atoms with Crippen LogP contribution in [-0.2, 0) is 0 Å². The molecule has 0 fully saturated rings. The molecule has 1 heterocycles. The number of carbonyl (C=O) groups is 1. The number of anilines is 1. The lowest BCUT2D eigenvalue weighted by Crippen LogP contribution is -2.14. The second kappa shape index (κ2) is 6.50. The van der Waals surface area contributed by atoms with Gasteiger partial charge >= 0.3 is 0 Å². The van der Waals surface area contributed by atoms with Crippen molar-refractivity contribution in [2.45, 2.75) is 0 Å². The predicted octanol–water partition coefficient (Wildman–Crippen LogP) is 3.18. The molecule has 1 N–H and O–H groups in total. The van der Waals surface area contributed by atoms with Crippen LogP contribution in [0.15, 0.2) is 55.1 Å². The average molecular weight is 329 g/mol. The zero-order valence-corrected chi connectivity index (χ0v) is 13.0. The van der Waals surface area contributed by atoms with Gasteiger partial charge in [-0.05, 0) is 36.4 Å². The molecule has 0 bridgehead atoms. The van der Waals surface area contributed by atoms with Gasteiger partial charge < -0.3 is 10.1 Å². The summed E-state index contributed by atoms with van der Waals surface area (Å²) in [6, 6.07) is 12.0. The number of ether oxygens (including phenoxy) is 1. The Morgan fingerprint density at radius 2 is 2.13 bits per heavy atom. The molecule has 23 heavy (non-hydrogen) atoms. The van der Waals surface area contributed by atoms with Crippen molar-refractivity contribution >= 4 is 23.2 Å². The van der Waals surface area contributed by atoms with E-state index < -0.39 is 0 Å². The molecule has 3 aromatic rings. The molecule has 3 rings (SSSR count). The maximum atomic E-state index is 12.5. The fourth-order valence-corrected chi connectivity index (χ4v) is 2.27. The van der Waals surface area contributed by atoms with Crippen molar-refractivity contribution in [3.05, 3.63) is 65.7 Å². The molecule has 0 aliphatic carbocycles. The number of hydrogen-bond acceptors (Lipinski definition) is 4. The van der Waals surface area contributed by atoms with Crippen molar-refractivity contribution < 1.29 is 9.53 Å². The van der Waals surface area contributed by atoms with Gasteiger partial charge in [-0.15, -0.1) is 0 Å². The van der Waals surface area contributed by atoms with Crippen LogP contribution in [0.1, 0.15) is 10.4 Å². The van der Waals surface area contributed by atoms with E-state index in [0.717, 1.165) is 0 Å². The molecule has 0 aliphatic heterocycles. The highest BCUT2D eigenvalue weighted by Crippen LogP contribution is 2.25. The number of hydrogen-bond donors (Lipinski definition) is 1. The van der Waals surface area contributed by atoms with Crippen LogP contribution in [-0.4, -0.2) is 27.8 Å². The fourth-order valence-electron chi connectivity index (χ4n) is 2.10. The lowest BCUT2D eigenvalue weighted by Gasteiger charge is -2.12. The molecule has 2 aromatic carbocycles. The van der Waals surface area contributed by atoms with Gasteiger partial charge in [0, 0.05) is 10.6 Å². The normalized spacial score (nSPS) is 10.3. The van der Waals surface area contributed by atoms with E-state index in [1.165, 1.54) is 6.33 Å². The van der Waals surface area contributed by atoms with Crippen LogP contribution >= 0.6 is 11.6 Å². The van der Waals surface area contributed by atoms with E-state index in [4.69, 9.17) is 16.3 Å². The van der Waals surface area contributed by atoms with Gasteiger partial charge in [-0.3, -0.25) is 4.79 Å². The van der Waals surface area contributed by atoms with Crippen LogP contribution in [0, 0.1) is 0 Å². The summed E-state index contributed by atoms with van der Waals surface area (Å²) in [6.45, 7) is 0. The monoisotopic (exact) mass is 328 g/mol. The standard InChI is InChI=1S/C16H13ClN4O2/c1-23-13-4-2-3-11(7-13)16(22)20-14-8-12(17)5-6-15(14)21-10-18-9-19-21/h2-10H,1H3,(H,20,22). The number of benzene rings is 2. The maximum Gasteiger partial charge on any atom is 0.255 e. The second-order valence-corrected chi connectivity index (χ2v) is 5.12. The first kappa shape index (κ1) is 15.1. The van der Waals surface area contributed by atoms with E-state index in [9.17, 15) is 4.79 Å². The van der Waals surface area contributed by atoms with E-state index in [-0.39, 0.29) is 5.91 Å². The Hall–Kier alpha value is -2.86. The molecular weight excluding hydrogens is 316 g/mol. The molecule has 0 atom stereocenters. The largest absolute Gasteiger partial charge is 0.497 e. The Morgan fingerprint density at radius 1 is 1.26 bits per heavy atom. The summed E-state index contributed by atoms with van der Waals surface area (Å²) in [5.41, 5.74) is 1.69. The number of amides is 1. The first-order valence-corrected chi connectivity index (χ1v) is 7.15. The number of methoxy groups -OCH3 is 1. The molecule has 0 saturated heterocycles. The van der Waals surface area contributed by atoms with E-state index in [1.54, 1.807) is 60.6 Å². The molecule has 0 radical (unpaired) electrons. The molecule has 116 valence electrons. The molecule has 0 unspecified atom stereocenters. The minimum absolute atomic E-state index is 0.271. The van der Waals surface area contributed by atoms with Crippen LogP contribution in [0.5, 0.6) is 5.75 Å². The minimum Gasteiger partial charge on any atom is -0.497 e. The van der Waals surface area contributed by atoms with Crippen LogP contribution in [0.4, 0.5) is 5.69 Å². The van der Waals surface area contributed by atoms with E-state index in [2.05, 4.69) is 15.4 Å². The van der Waals surface area contributed by atoms with Gasteiger partial charge in [-0.1, -0.05) is 17.7 Å². The van der Waals surface area contributed by atoms with Crippen LogP contribution in [0.3, 0.4) is 0 Å². The van der Waals surface area contributed by atoms with Gasteiger partial charge in [0.1, 0.15) is 18.4 Å². The highest BCUT2D eigenvalue weighted by Gasteiger charge is 2.12. The van der Waals surface area contributed by atoms with Crippen LogP contribution < -0.4 is 10.1 Å². The Bertz CT molecular complexity index is 834. The molecule has 0 aliphatic rings. The number of halogens is 1. The first-order valence-electron chi connectivity index (χ1n) is 6.77. The molecule has 7 heteroatoms. The summed E-state index contributed by atoms with van der Waals surface area (Å²) < 4.78 is 6.69. The van der Waals surface area contributed by atoms with Gasteiger partial charge in [-0.2, -0.15) is 5.10 Å². The molecule has 1 amide bonds. The summed E-state index contributed by atoms with van der Waals surface area (Å²) in [4.78, 5) is 16.4. The summed E-state index contributed by atoms with van der Waals surface area (Å²) in [5, 5.41) is 7.42. The van der Waals surface area contributed by atoms with Crippen molar-refractivity contribution in [3.8, 4) is 11.4 Å². The zero-order valence-electron chi connectivity index (χ0n) is 12.2. The lowest BCUT2D eigenvalue weighted by molar-refractivity contribution is 0.102. The maximum absolute atomic E-state index is 12.5. The SMILES string of the molecule is COc1cccc(C(=O)Nc2cc(Cl)ccc2-n2cncn2)c1.